The van der Waals surface area contributed by atoms with Crippen LogP contribution in [0.3, 0.4) is 0 Å². The van der Waals surface area contributed by atoms with Crippen molar-refractivity contribution in [1.29, 1.82) is 0 Å². The number of barbiturate groups is 1. The molecule has 1 fully saturated rings. The summed E-state index contributed by atoms with van der Waals surface area (Å²) in [6.07, 6.45) is 8.55. The van der Waals surface area contributed by atoms with Crippen LogP contribution in [0.4, 0.5) is 10.5 Å². The summed E-state index contributed by atoms with van der Waals surface area (Å²) in [5.41, 5.74) is 2.88. The molecule has 35 heavy (non-hydrogen) atoms. The summed E-state index contributed by atoms with van der Waals surface area (Å²) in [7, 11) is 0. The molecule has 0 aromatic heterocycles. The smallest absolute Gasteiger partial charge is 0.335 e. The topological polar surface area (TPSA) is 75.7 Å². The van der Waals surface area contributed by atoms with Gasteiger partial charge in [0.05, 0.1) is 21.2 Å². The number of hydrogen-bond donors (Lipinski definition) is 1. The molecule has 1 N–H and O–H groups in total. The Balaban J connectivity index is 1.77. The van der Waals surface area contributed by atoms with E-state index in [1.54, 1.807) is 24.3 Å². The zero-order valence-electron chi connectivity index (χ0n) is 20.2. The molecule has 2 aromatic rings. The van der Waals surface area contributed by atoms with E-state index in [2.05, 4.69) is 44.1 Å². The van der Waals surface area contributed by atoms with Crippen molar-refractivity contribution in [3.05, 3.63) is 61.5 Å². The van der Waals surface area contributed by atoms with Gasteiger partial charge in [-0.3, -0.25) is 14.9 Å². The number of nitrogens with one attached hydrogen (secondary N) is 1. The lowest BCUT2D eigenvalue weighted by Gasteiger charge is -2.27. The molecule has 1 aliphatic heterocycles. The van der Waals surface area contributed by atoms with E-state index in [0.717, 1.165) is 28.9 Å². The van der Waals surface area contributed by atoms with Crippen LogP contribution in [0, 0.1) is 13.8 Å². The fourth-order valence-corrected chi connectivity index (χ4v) is 5.23. The number of benzene rings is 2. The molecule has 8 heteroatoms. The zero-order chi connectivity index (χ0) is 25.5. The second kappa shape index (κ2) is 12.5. The van der Waals surface area contributed by atoms with Crippen molar-refractivity contribution in [2.45, 2.75) is 59.3 Å². The molecule has 0 spiro atoms. The maximum absolute atomic E-state index is 13.2. The van der Waals surface area contributed by atoms with Crippen LogP contribution in [0.1, 0.15) is 62.1 Å². The molecule has 6 nitrogen and oxygen atoms in total. The standard InChI is InChI=1S/C27H30Br2N2O4/c1-4-5-6-7-8-9-12-35-24-22(28)15-19(16-23(24)29)14-21-25(32)30-27(34)31(26(21)33)20-11-10-17(2)18(3)13-20/h10-11,13-16H,4-9,12H2,1-3H3,(H,30,32,34)/b21-14-. The fourth-order valence-electron chi connectivity index (χ4n) is 3.78. The quantitative estimate of drug-likeness (QED) is 0.176. The van der Waals surface area contributed by atoms with E-state index in [4.69, 9.17) is 4.74 Å². The number of imide groups is 2. The monoisotopic (exact) mass is 604 g/mol. The van der Waals surface area contributed by atoms with Gasteiger partial charge in [-0.25, -0.2) is 9.69 Å². The van der Waals surface area contributed by atoms with Crippen molar-refractivity contribution < 1.29 is 19.1 Å². The maximum atomic E-state index is 13.2. The third kappa shape index (κ3) is 6.82. The average molecular weight is 606 g/mol. The van der Waals surface area contributed by atoms with Gasteiger partial charge in [-0.1, -0.05) is 45.1 Å². The molecule has 1 aliphatic rings. The second-order valence-corrected chi connectivity index (χ2v) is 10.4. The van der Waals surface area contributed by atoms with E-state index in [1.807, 2.05) is 19.9 Å². The Bertz CT molecular complexity index is 1140. The van der Waals surface area contributed by atoms with Gasteiger partial charge in [-0.05, 0) is 99.2 Å². The SMILES string of the molecule is CCCCCCCCOc1c(Br)cc(/C=C2/C(=O)NC(=O)N(c3ccc(C)c(C)c3)C2=O)cc1Br. The predicted molar refractivity (Wildman–Crippen MR) is 146 cm³/mol. The van der Waals surface area contributed by atoms with Gasteiger partial charge in [0.1, 0.15) is 11.3 Å². The number of ether oxygens (including phenoxy) is 1. The van der Waals surface area contributed by atoms with Crippen LogP contribution >= 0.6 is 31.9 Å². The van der Waals surface area contributed by atoms with Crippen LogP contribution in [0.15, 0.2) is 44.9 Å². The molecule has 1 saturated heterocycles. The molecular weight excluding hydrogens is 576 g/mol. The van der Waals surface area contributed by atoms with Crippen LogP contribution in [0.25, 0.3) is 6.08 Å². The number of aryl methyl sites for hydroxylation is 2. The minimum absolute atomic E-state index is 0.123. The highest BCUT2D eigenvalue weighted by atomic mass is 79.9. The van der Waals surface area contributed by atoms with Gasteiger partial charge in [-0.2, -0.15) is 0 Å². The van der Waals surface area contributed by atoms with Crippen molar-refractivity contribution in [1.82, 2.24) is 5.32 Å². The van der Waals surface area contributed by atoms with Gasteiger partial charge >= 0.3 is 6.03 Å². The minimum atomic E-state index is -0.763. The number of hydrogen-bond acceptors (Lipinski definition) is 4. The molecule has 0 aliphatic carbocycles. The third-order valence-electron chi connectivity index (χ3n) is 5.93. The minimum Gasteiger partial charge on any atom is -0.491 e. The van der Waals surface area contributed by atoms with Gasteiger partial charge in [0.15, 0.2) is 0 Å². The first-order chi connectivity index (χ1) is 16.7. The largest absolute Gasteiger partial charge is 0.491 e. The van der Waals surface area contributed by atoms with Gasteiger partial charge in [0, 0.05) is 0 Å². The number of carbonyl (C=O) groups excluding carboxylic acids is 3. The van der Waals surface area contributed by atoms with Crippen molar-refractivity contribution in [2.75, 3.05) is 11.5 Å². The number of amides is 4. The normalized spacial score (nSPS) is 15.1. The van der Waals surface area contributed by atoms with Crippen LogP contribution in [-0.2, 0) is 9.59 Å². The Labute approximate surface area is 223 Å². The Kier molecular flexibility index (Phi) is 9.69. The molecule has 4 amide bonds. The molecule has 0 radical (unpaired) electrons. The van der Waals surface area contributed by atoms with Crippen molar-refractivity contribution in [3.8, 4) is 5.75 Å². The number of anilines is 1. The van der Waals surface area contributed by atoms with Crippen molar-refractivity contribution >= 4 is 61.5 Å². The van der Waals surface area contributed by atoms with Crippen molar-refractivity contribution in [2.24, 2.45) is 0 Å². The van der Waals surface area contributed by atoms with E-state index < -0.39 is 17.8 Å². The number of nitrogens with zero attached hydrogens (tertiary/aromatic N) is 1. The number of urea groups is 1. The highest BCUT2D eigenvalue weighted by Gasteiger charge is 2.37. The van der Waals surface area contributed by atoms with Crippen molar-refractivity contribution in [3.63, 3.8) is 0 Å². The zero-order valence-corrected chi connectivity index (χ0v) is 23.4. The van der Waals surface area contributed by atoms with Gasteiger partial charge < -0.3 is 4.74 Å². The Morgan fingerprint density at radius 3 is 2.23 bits per heavy atom. The molecule has 0 unspecified atom stereocenters. The van der Waals surface area contributed by atoms with Gasteiger partial charge in [0.25, 0.3) is 11.8 Å². The molecule has 0 saturated carbocycles. The first kappa shape index (κ1) is 27.1. The summed E-state index contributed by atoms with van der Waals surface area (Å²) in [5.74, 6) is -0.722. The molecule has 0 bridgehead atoms. The van der Waals surface area contributed by atoms with Crippen LogP contribution in [-0.4, -0.2) is 24.5 Å². The van der Waals surface area contributed by atoms with Crippen LogP contribution in [0.5, 0.6) is 5.75 Å². The van der Waals surface area contributed by atoms with E-state index in [-0.39, 0.29) is 5.57 Å². The Morgan fingerprint density at radius 2 is 1.57 bits per heavy atom. The molecule has 1 heterocycles. The summed E-state index contributed by atoms with van der Waals surface area (Å²) in [5, 5.41) is 2.27. The number of rotatable bonds is 10. The molecule has 3 rings (SSSR count). The van der Waals surface area contributed by atoms with E-state index in [0.29, 0.717) is 32.6 Å². The van der Waals surface area contributed by atoms with E-state index >= 15 is 0 Å². The predicted octanol–water partition coefficient (Wildman–Crippen LogP) is 7.23. The summed E-state index contributed by atoms with van der Waals surface area (Å²) < 4.78 is 7.37. The Hall–Kier alpha value is -2.45. The lowest BCUT2D eigenvalue weighted by molar-refractivity contribution is -0.122. The summed E-state index contributed by atoms with van der Waals surface area (Å²) >= 11 is 7.07. The first-order valence-corrected chi connectivity index (χ1v) is 13.4. The lowest BCUT2D eigenvalue weighted by atomic mass is 10.0. The molecular formula is C27H30Br2N2O4. The first-order valence-electron chi connectivity index (χ1n) is 11.8. The summed E-state index contributed by atoms with van der Waals surface area (Å²) in [6.45, 7) is 6.66. The molecule has 2 aromatic carbocycles. The fraction of sp³-hybridized carbons (Fsp3) is 0.370. The third-order valence-corrected chi connectivity index (χ3v) is 7.10. The maximum Gasteiger partial charge on any atom is 0.335 e. The number of carbonyl (C=O) groups is 3. The molecule has 186 valence electrons. The lowest BCUT2D eigenvalue weighted by Crippen LogP contribution is -2.54. The summed E-state index contributed by atoms with van der Waals surface area (Å²) in [4.78, 5) is 39.2. The highest BCUT2D eigenvalue weighted by molar-refractivity contribution is 9.11. The average Bonchev–Trinajstić information content (AvgIpc) is 2.79. The second-order valence-electron chi connectivity index (χ2n) is 8.66. The number of unbranched alkanes of at least 4 members (excludes halogenated alkanes) is 5. The van der Waals surface area contributed by atoms with Crippen LogP contribution in [0.2, 0.25) is 0 Å². The molecule has 0 atom stereocenters. The van der Waals surface area contributed by atoms with Gasteiger partial charge in [-0.15, -0.1) is 0 Å². The summed E-state index contributed by atoms with van der Waals surface area (Å²) in [6, 6.07) is 8.08. The van der Waals surface area contributed by atoms with Crippen LogP contribution < -0.4 is 15.0 Å². The van der Waals surface area contributed by atoms with E-state index in [1.165, 1.54) is 31.8 Å². The number of halogens is 2. The Morgan fingerprint density at radius 1 is 0.914 bits per heavy atom. The highest BCUT2D eigenvalue weighted by Crippen LogP contribution is 2.36. The van der Waals surface area contributed by atoms with E-state index in [9.17, 15) is 14.4 Å². The van der Waals surface area contributed by atoms with Gasteiger partial charge in [0.2, 0.25) is 0 Å².